The van der Waals surface area contributed by atoms with E-state index < -0.39 is 5.97 Å². The molecule has 2 aromatic heterocycles. The van der Waals surface area contributed by atoms with Crippen molar-refractivity contribution in [3.63, 3.8) is 0 Å². The number of rotatable bonds is 3. The average molecular weight is 324 g/mol. The van der Waals surface area contributed by atoms with Crippen LogP contribution in [-0.2, 0) is 9.53 Å². The number of hydrogen-bond acceptors (Lipinski definition) is 6. The molecule has 0 bridgehead atoms. The highest BCUT2D eigenvalue weighted by Gasteiger charge is 2.21. The molecular weight excluding hydrogens is 308 g/mol. The highest BCUT2D eigenvalue weighted by Crippen LogP contribution is 2.23. The summed E-state index contributed by atoms with van der Waals surface area (Å²) in [4.78, 5) is 31.1. The molecule has 0 N–H and O–H groups in total. The molecule has 1 aliphatic heterocycles. The molecule has 0 amide bonds. The van der Waals surface area contributed by atoms with Crippen molar-refractivity contribution in [2.75, 3.05) is 25.1 Å². The van der Waals surface area contributed by atoms with Crippen LogP contribution in [0, 0.1) is 11.3 Å². The molecule has 122 valence electrons. The van der Waals surface area contributed by atoms with Crippen LogP contribution in [0.3, 0.4) is 0 Å². The van der Waals surface area contributed by atoms with Crippen LogP contribution in [0.15, 0.2) is 34.8 Å². The summed E-state index contributed by atoms with van der Waals surface area (Å²) in [5.74, 6) is -0.275. The predicted octanol–water partition coefficient (Wildman–Crippen LogP) is 1.37. The van der Waals surface area contributed by atoms with Crippen molar-refractivity contribution in [2.24, 2.45) is 0 Å². The van der Waals surface area contributed by atoms with Gasteiger partial charge in [-0.3, -0.25) is 9.20 Å². The van der Waals surface area contributed by atoms with Crippen molar-refractivity contribution in [1.82, 2.24) is 9.38 Å². The average Bonchev–Trinajstić information content (AvgIpc) is 3.14. The van der Waals surface area contributed by atoms with E-state index in [1.807, 2.05) is 4.90 Å². The molecule has 0 spiro atoms. The van der Waals surface area contributed by atoms with E-state index in [2.05, 4.69) is 9.72 Å². The molecule has 2 aromatic rings. The first kappa shape index (κ1) is 15.7. The first-order chi connectivity index (χ1) is 11.7. The van der Waals surface area contributed by atoms with Gasteiger partial charge in [-0.25, -0.2) is 9.78 Å². The molecule has 0 saturated carbocycles. The number of ether oxygens (including phenoxy) is 1. The number of nitrogens with zero attached hydrogens (tertiary/aromatic N) is 4. The lowest BCUT2D eigenvalue weighted by Gasteiger charge is -2.19. The summed E-state index contributed by atoms with van der Waals surface area (Å²) < 4.78 is 6.00. The predicted molar refractivity (Wildman–Crippen MR) is 88.5 cm³/mol. The summed E-state index contributed by atoms with van der Waals surface area (Å²) in [5.41, 5.74) is 0.201. The molecule has 0 aliphatic carbocycles. The van der Waals surface area contributed by atoms with Gasteiger partial charge in [-0.05, 0) is 31.1 Å². The molecule has 0 radical (unpaired) electrons. The molecular formula is C17H16N4O3. The van der Waals surface area contributed by atoms with Crippen molar-refractivity contribution in [3.8, 4) is 6.07 Å². The van der Waals surface area contributed by atoms with Crippen LogP contribution in [0.1, 0.15) is 18.4 Å². The largest absolute Gasteiger partial charge is 0.465 e. The van der Waals surface area contributed by atoms with E-state index in [1.165, 1.54) is 17.6 Å². The smallest absolute Gasteiger partial charge is 0.348 e. The number of pyridine rings is 1. The minimum absolute atomic E-state index is 0.225. The summed E-state index contributed by atoms with van der Waals surface area (Å²) in [7, 11) is 1.19. The van der Waals surface area contributed by atoms with Crippen LogP contribution in [0.2, 0.25) is 0 Å². The summed E-state index contributed by atoms with van der Waals surface area (Å²) in [6.07, 6.45) is 4.91. The molecule has 0 unspecified atom stereocenters. The second kappa shape index (κ2) is 6.54. The fourth-order valence-electron chi connectivity index (χ4n) is 2.78. The van der Waals surface area contributed by atoms with Crippen molar-refractivity contribution >= 4 is 23.5 Å². The van der Waals surface area contributed by atoms with Crippen LogP contribution >= 0.6 is 0 Å². The maximum absolute atomic E-state index is 12.9. The number of aromatic nitrogens is 2. The topological polar surface area (TPSA) is 87.7 Å². The summed E-state index contributed by atoms with van der Waals surface area (Å²) in [6, 6.07) is 7.07. The van der Waals surface area contributed by atoms with Gasteiger partial charge in [0.2, 0.25) is 0 Å². The van der Waals surface area contributed by atoms with Crippen molar-refractivity contribution in [3.05, 3.63) is 45.9 Å². The molecule has 3 rings (SSSR count). The van der Waals surface area contributed by atoms with Crippen molar-refractivity contribution in [2.45, 2.75) is 12.8 Å². The molecule has 7 heteroatoms. The normalized spacial score (nSPS) is 14.7. The highest BCUT2D eigenvalue weighted by molar-refractivity contribution is 5.98. The summed E-state index contributed by atoms with van der Waals surface area (Å²) >= 11 is 0. The number of esters is 1. The Kier molecular flexibility index (Phi) is 4.29. The van der Waals surface area contributed by atoms with Gasteiger partial charge >= 0.3 is 5.97 Å². The Hall–Kier alpha value is -3.14. The minimum atomic E-state index is -0.776. The van der Waals surface area contributed by atoms with E-state index in [0.29, 0.717) is 11.5 Å². The zero-order valence-corrected chi connectivity index (χ0v) is 13.2. The second-order valence-corrected chi connectivity index (χ2v) is 5.44. The number of nitriles is 1. The lowest BCUT2D eigenvalue weighted by molar-refractivity contribution is -0.135. The highest BCUT2D eigenvalue weighted by atomic mass is 16.5. The lowest BCUT2D eigenvalue weighted by Crippen LogP contribution is -2.27. The van der Waals surface area contributed by atoms with Gasteiger partial charge in [0.1, 0.15) is 23.1 Å². The number of carbonyl (C=O) groups is 1. The number of carbonyl (C=O) groups excluding carboxylic acids is 1. The molecule has 1 saturated heterocycles. The quantitative estimate of drug-likeness (QED) is 0.481. The van der Waals surface area contributed by atoms with E-state index in [1.54, 1.807) is 30.5 Å². The Morgan fingerprint density at radius 1 is 1.38 bits per heavy atom. The van der Waals surface area contributed by atoms with Gasteiger partial charge in [0, 0.05) is 19.3 Å². The van der Waals surface area contributed by atoms with Crippen LogP contribution < -0.4 is 10.5 Å². The number of hydrogen-bond donors (Lipinski definition) is 0. The zero-order chi connectivity index (χ0) is 17.1. The third-order valence-electron chi connectivity index (χ3n) is 3.97. The Balaban J connectivity index is 2.27. The van der Waals surface area contributed by atoms with Crippen LogP contribution in [0.4, 0.5) is 5.82 Å². The van der Waals surface area contributed by atoms with Crippen LogP contribution in [0.5, 0.6) is 0 Å². The van der Waals surface area contributed by atoms with E-state index in [-0.39, 0.29) is 16.7 Å². The summed E-state index contributed by atoms with van der Waals surface area (Å²) in [5, 5.41) is 9.19. The molecule has 24 heavy (non-hydrogen) atoms. The van der Waals surface area contributed by atoms with Crippen LogP contribution in [0.25, 0.3) is 11.7 Å². The van der Waals surface area contributed by atoms with Gasteiger partial charge in [0.15, 0.2) is 0 Å². The Morgan fingerprint density at radius 3 is 2.79 bits per heavy atom. The fourth-order valence-corrected chi connectivity index (χ4v) is 2.78. The Morgan fingerprint density at radius 2 is 2.12 bits per heavy atom. The standard InChI is InChI=1S/C17H16N4O3/c1-24-17(23)12(11-18)10-13-15(20-7-4-5-8-20)19-14-6-2-3-9-21(14)16(13)22/h2-3,6,9-10H,4-5,7-8H2,1H3. The first-order valence-electron chi connectivity index (χ1n) is 7.62. The Labute approximate surface area is 138 Å². The van der Waals surface area contributed by atoms with E-state index in [0.717, 1.165) is 25.9 Å². The number of fused-ring (bicyclic) bond motifs is 1. The van der Waals surface area contributed by atoms with Crippen molar-refractivity contribution in [1.29, 1.82) is 5.26 Å². The molecule has 1 aliphatic rings. The van der Waals surface area contributed by atoms with Gasteiger partial charge < -0.3 is 9.64 Å². The summed E-state index contributed by atoms with van der Waals surface area (Å²) in [6.45, 7) is 1.58. The lowest BCUT2D eigenvalue weighted by atomic mass is 10.1. The molecule has 1 fully saturated rings. The maximum atomic E-state index is 12.9. The van der Waals surface area contributed by atoms with Gasteiger partial charge in [0.05, 0.1) is 12.7 Å². The van der Waals surface area contributed by atoms with E-state index in [9.17, 15) is 14.9 Å². The minimum Gasteiger partial charge on any atom is -0.465 e. The van der Waals surface area contributed by atoms with Gasteiger partial charge in [0.25, 0.3) is 5.56 Å². The van der Waals surface area contributed by atoms with Gasteiger partial charge in [-0.15, -0.1) is 0 Å². The molecule has 7 nitrogen and oxygen atoms in total. The first-order valence-corrected chi connectivity index (χ1v) is 7.62. The van der Waals surface area contributed by atoms with E-state index in [4.69, 9.17) is 0 Å². The third kappa shape index (κ3) is 2.74. The number of anilines is 1. The number of methoxy groups -OCH3 is 1. The molecule has 3 heterocycles. The molecule has 0 aromatic carbocycles. The Bertz CT molecular complexity index is 918. The van der Waals surface area contributed by atoms with E-state index >= 15 is 0 Å². The maximum Gasteiger partial charge on any atom is 0.348 e. The SMILES string of the molecule is COC(=O)C(C#N)=Cc1c(N2CCCC2)nc2ccccn2c1=O. The fraction of sp³-hybridized carbons (Fsp3) is 0.294. The monoisotopic (exact) mass is 324 g/mol. The third-order valence-corrected chi connectivity index (χ3v) is 3.97. The molecule has 0 atom stereocenters. The second-order valence-electron chi connectivity index (χ2n) is 5.44. The van der Waals surface area contributed by atoms with Crippen LogP contribution in [-0.4, -0.2) is 35.6 Å². The zero-order valence-electron chi connectivity index (χ0n) is 13.2. The van der Waals surface area contributed by atoms with Crippen molar-refractivity contribution < 1.29 is 9.53 Å². The van der Waals surface area contributed by atoms with Gasteiger partial charge in [-0.1, -0.05) is 6.07 Å². The van der Waals surface area contributed by atoms with Gasteiger partial charge in [-0.2, -0.15) is 5.26 Å².